The van der Waals surface area contributed by atoms with Crippen LogP contribution in [0.25, 0.3) is 0 Å². The van der Waals surface area contributed by atoms with Crippen LogP contribution in [0.4, 0.5) is 0 Å². The van der Waals surface area contributed by atoms with Crippen LogP contribution in [0, 0.1) is 58.7 Å². The third kappa shape index (κ3) is 33.9. The van der Waals surface area contributed by atoms with E-state index >= 15 is 0 Å². The van der Waals surface area contributed by atoms with Crippen LogP contribution in [0.3, 0.4) is 0 Å². The Bertz CT molecular complexity index is 609. The number of hydrogen-bond acceptors (Lipinski definition) is 0. The van der Waals surface area contributed by atoms with Crippen molar-refractivity contribution in [3.63, 3.8) is 0 Å². The van der Waals surface area contributed by atoms with Crippen molar-refractivity contribution >= 4 is 0 Å². The minimum absolute atomic E-state index is 0.532. The second-order valence-electron chi connectivity index (χ2n) is 20.0. The number of hydrogen-bond donors (Lipinski definition) is 0. The van der Waals surface area contributed by atoms with Crippen LogP contribution in [-0.2, 0) is 0 Å². The molecule has 4 saturated carbocycles. The lowest BCUT2D eigenvalue weighted by Crippen LogP contribution is -2.08. The average Bonchev–Trinajstić information content (AvgIpc) is 3.63. The van der Waals surface area contributed by atoms with E-state index in [-0.39, 0.29) is 0 Å². The normalized spacial score (nSPS) is 19.7. The summed E-state index contributed by atoms with van der Waals surface area (Å²) in [6, 6.07) is 0. The van der Waals surface area contributed by atoms with Crippen molar-refractivity contribution in [2.75, 3.05) is 0 Å². The molecule has 0 bridgehead atoms. The summed E-state index contributed by atoms with van der Waals surface area (Å²) in [6.07, 6.45) is 34.2. The fourth-order valence-corrected chi connectivity index (χ4v) is 7.79. The maximum Gasteiger partial charge on any atom is -0.0383 e. The summed E-state index contributed by atoms with van der Waals surface area (Å²) in [6.45, 7) is 30.1. The van der Waals surface area contributed by atoms with Crippen molar-refractivity contribution in [1.29, 1.82) is 0 Å². The minimum Gasteiger partial charge on any atom is -0.0628 e. The Labute approximate surface area is 295 Å². The lowest BCUT2D eigenvalue weighted by atomic mass is 9.84. The molecule has 278 valence electrons. The standard InChI is InChI=1S/C11H22.C10H20.C9H18.C9H20.C7H14/c1-10(2)8-9-11-6-4-3-5-7-11;1-9(2)8-10-6-4-3-5-7-10;1-8(2)7-9-5-3-4-6-9;1-8(2)6-7-9(3,4)5;1-6(2)5-7-3-4-7/h10-11H,3-9H2,1-2H3;9-10H,3-8H2,1-2H3;8-9H,3-7H2,1-2H3;8H,6-7H2,1-5H3;6-7H,3-5H2,1-2H3. The van der Waals surface area contributed by atoms with Gasteiger partial charge < -0.3 is 0 Å². The van der Waals surface area contributed by atoms with Crippen molar-refractivity contribution in [2.24, 2.45) is 58.7 Å². The zero-order valence-corrected chi connectivity index (χ0v) is 35.0. The van der Waals surface area contributed by atoms with Crippen LogP contribution in [0.15, 0.2) is 0 Å². The molecule has 46 heavy (non-hydrogen) atoms. The summed E-state index contributed by atoms with van der Waals surface area (Å²) in [7, 11) is 0. The fraction of sp³-hybridized carbons (Fsp3) is 1.00. The molecule has 0 unspecified atom stereocenters. The van der Waals surface area contributed by atoms with Gasteiger partial charge in [0.05, 0.1) is 0 Å². The second-order valence-corrected chi connectivity index (χ2v) is 20.0. The van der Waals surface area contributed by atoms with Crippen molar-refractivity contribution < 1.29 is 0 Å². The highest BCUT2D eigenvalue weighted by molar-refractivity contribution is 4.73. The SMILES string of the molecule is CC(C)CC1CC1.CC(C)CC1CCCC1.CC(C)CC1CCCCC1.CC(C)CCC(C)(C)C.CC(C)CCC1CCCCC1. The first-order valence-electron chi connectivity index (χ1n) is 21.6. The van der Waals surface area contributed by atoms with Gasteiger partial charge in [-0.25, -0.2) is 0 Å². The third-order valence-electron chi connectivity index (χ3n) is 10.7. The van der Waals surface area contributed by atoms with Crippen LogP contribution in [0.2, 0.25) is 0 Å². The van der Waals surface area contributed by atoms with Crippen LogP contribution in [0.1, 0.15) is 238 Å². The molecule has 0 saturated heterocycles. The van der Waals surface area contributed by atoms with Crippen molar-refractivity contribution in [3.05, 3.63) is 0 Å². The molecule has 4 aliphatic carbocycles. The van der Waals surface area contributed by atoms with Gasteiger partial charge in [-0.05, 0) is 84.4 Å². The Hall–Kier alpha value is 0. The van der Waals surface area contributed by atoms with Gasteiger partial charge in [-0.15, -0.1) is 0 Å². The Morgan fingerprint density at radius 1 is 0.370 bits per heavy atom. The van der Waals surface area contributed by atoms with E-state index in [0.717, 1.165) is 53.3 Å². The summed E-state index contributed by atoms with van der Waals surface area (Å²) >= 11 is 0. The molecular formula is C46H94. The molecule has 0 atom stereocenters. The average molecular weight is 647 g/mol. The molecule has 0 aliphatic heterocycles. The number of rotatable bonds is 11. The molecule has 4 rings (SSSR count). The maximum absolute atomic E-state index is 2.34. The summed E-state index contributed by atoms with van der Waals surface area (Å²) in [4.78, 5) is 0. The highest BCUT2D eigenvalue weighted by Crippen LogP contribution is 2.35. The molecule has 0 heterocycles. The monoisotopic (exact) mass is 647 g/mol. The Morgan fingerprint density at radius 3 is 0.935 bits per heavy atom. The van der Waals surface area contributed by atoms with Gasteiger partial charge in [0, 0.05) is 0 Å². The Morgan fingerprint density at radius 2 is 0.674 bits per heavy atom. The van der Waals surface area contributed by atoms with Gasteiger partial charge in [0.15, 0.2) is 0 Å². The first-order chi connectivity index (χ1) is 21.6. The van der Waals surface area contributed by atoms with Crippen LogP contribution >= 0.6 is 0 Å². The molecule has 0 spiro atoms. The molecule has 0 radical (unpaired) electrons. The molecule has 0 aromatic carbocycles. The van der Waals surface area contributed by atoms with Gasteiger partial charge in [0.25, 0.3) is 0 Å². The third-order valence-corrected chi connectivity index (χ3v) is 10.7. The van der Waals surface area contributed by atoms with Gasteiger partial charge in [-0.2, -0.15) is 0 Å². The lowest BCUT2D eigenvalue weighted by molar-refractivity contribution is 0.305. The Kier molecular flexibility index (Phi) is 27.8. The van der Waals surface area contributed by atoms with E-state index in [4.69, 9.17) is 0 Å². The zero-order valence-electron chi connectivity index (χ0n) is 35.0. The first kappa shape index (κ1) is 46.0. The first-order valence-corrected chi connectivity index (χ1v) is 21.6. The highest BCUT2D eigenvalue weighted by Gasteiger charge is 2.21. The lowest BCUT2D eigenvalue weighted by Gasteiger charge is -2.22. The quantitative estimate of drug-likeness (QED) is 0.209. The largest absolute Gasteiger partial charge is 0.0628 e. The highest BCUT2D eigenvalue weighted by atomic mass is 14.3. The summed E-state index contributed by atoms with van der Waals surface area (Å²) in [5.74, 6) is 8.94. The van der Waals surface area contributed by atoms with E-state index < -0.39 is 0 Å². The van der Waals surface area contributed by atoms with E-state index in [1.807, 2.05) is 0 Å². The maximum atomic E-state index is 2.34. The minimum atomic E-state index is 0.532. The van der Waals surface area contributed by atoms with E-state index in [1.54, 1.807) is 0 Å². The van der Waals surface area contributed by atoms with Crippen LogP contribution in [0.5, 0.6) is 0 Å². The van der Waals surface area contributed by atoms with E-state index in [2.05, 4.69) is 90.0 Å². The van der Waals surface area contributed by atoms with E-state index in [1.165, 1.54) is 148 Å². The summed E-state index contributed by atoms with van der Waals surface area (Å²) in [5.41, 5.74) is 0.532. The van der Waals surface area contributed by atoms with Crippen LogP contribution in [-0.4, -0.2) is 0 Å². The fourth-order valence-electron chi connectivity index (χ4n) is 7.79. The molecule has 4 aliphatic rings. The van der Waals surface area contributed by atoms with Crippen molar-refractivity contribution in [1.82, 2.24) is 0 Å². The van der Waals surface area contributed by atoms with Gasteiger partial charge in [0.2, 0.25) is 0 Å². The topological polar surface area (TPSA) is 0 Å². The van der Waals surface area contributed by atoms with E-state index in [0.29, 0.717) is 5.41 Å². The molecule has 0 nitrogen and oxygen atoms in total. The Balaban J connectivity index is 0.000000554. The van der Waals surface area contributed by atoms with Gasteiger partial charge in [-0.1, -0.05) is 212 Å². The van der Waals surface area contributed by atoms with Gasteiger partial charge in [0.1, 0.15) is 0 Å². The predicted molar refractivity (Wildman–Crippen MR) is 214 cm³/mol. The molecular weight excluding hydrogens is 553 g/mol. The summed E-state index contributed by atoms with van der Waals surface area (Å²) < 4.78 is 0. The molecule has 0 aromatic rings. The molecule has 0 N–H and O–H groups in total. The van der Waals surface area contributed by atoms with Gasteiger partial charge >= 0.3 is 0 Å². The second kappa shape index (κ2) is 27.8. The molecule has 0 heteroatoms. The van der Waals surface area contributed by atoms with Crippen molar-refractivity contribution in [3.8, 4) is 0 Å². The smallest absolute Gasteiger partial charge is 0.0383 e. The molecule has 0 aromatic heterocycles. The molecule has 4 fully saturated rings. The predicted octanol–water partition coefficient (Wildman–Crippen LogP) is 16.7. The van der Waals surface area contributed by atoms with Crippen LogP contribution < -0.4 is 0 Å². The van der Waals surface area contributed by atoms with Crippen molar-refractivity contribution in [2.45, 2.75) is 238 Å². The molecule has 0 amide bonds. The van der Waals surface area contributed by atoms with E-state index in [9.17, 15) is 0 Å². The van der Waals surface area contributed by atoms with Gasteiger partial charge in [-0.3, -0.25) is 0 Å². The zero-order chi connectivity index (χ0) is 35.0. The summed E-state index contributed by atoms with van der Waals surface area (Å²) in [5, 5.41) is 0.